The zero-order valence-electron chi connectivity index (χ0n) is 24.7. The molecule has 0 saturated heterocycles. The zero-order chi connectivity index (χ0) is 27.9. The van der Waals surface area contributed by atoms with Crippen LogP contribution in [0.4, 0.5) is 23.3 Å². The molecule has 0 bridgehead atoms. The van der Waals surface area contributed by atoms with Crippen LogP contribution in [0.2, 0.25) is 18.1 Å². The molecule has 1 aliphatic heterocycles. The summed E-state index contributed by atoms with van der Waals surface area (Å²) in [6, 6.07) is 0.155. The quantitative estimate of drug-likeness (QED) is 0.391. The number of carbonyl (C=O) groups excluding carboxylic acids is 1. The predicted molar refractivity (Wildman–Crippen MR) is 156 cm³/mol. The summed E-state index contributed by atoms with van der Waals surface area (Å²) in [7, 11) is -2.02. The van der Waals surface area contributed by atoms with Gasteiger partial charge in [-0.3, -0.25) is 9.69 Å². The van der Waals surface area contributed by atoms with Crippen molar-refractivity contribution in [2.45, 2.75) is 110 Å². The summed E-state index contributed by atoms with van der Waals surface area (Å²) < 4.78 is 6.50. The minimum Gasteiger partial charge on any atom is -0.409 e. The normalized spacial score (nSPS) is 17.0. The minimum absolute atomic E-state index is 0.0489. The maximum atomic E-state index is 14.3. The van der Waals surface area contributed by atoms with Gasteiger partial charge >= 0.3 is 0 Å². The molecular weight excluding hydrogens is 494 g/mol. The van der Waals surface area contributed by atoms with E-state index in [1.807, 2.05) is 0 Å². The fourth-order valence-corrected chi connectivity index (χ4v) is 6.12. The van der Waals surface area contributed by atoms with Gasteiger partial charge in [0.1, 0.15) is 11.6 Å². The molecule has 1 fully saturated rings. The average Bonchev–Trinajstić information content (AvgIpc) is 3.42. The molecule has 1 amide bonds. The third-order valence-electron chi connectivity index (χ3n) is 8.42. The van der Waals surface area contributed by atoms with Crippen LogP contribution in [-0.2, 0) is 21.2 Å². The number of hydrogen-bond acceptors (Lipinski definition) is 8. The highest BCUT2D eigenvalue weighted by atomic mass is 28.4. The van der Waals surface area contributed by atoms with E-state index >= 15 is 0 Å². The summed E-state index contributed by atoms with van der Waals surface area (Å²) in [5, 5.41) is 3.62. The van der Waals surface area contributed by atoms with Crippen LogP contribution in [0.15, 0.2) is 12.4 Å². The molecule has 0 radical (unpaired) electrons. The van der Waals surface area contributed by atoms with Gasteiger partial charge in [-0.15, -0.1) is 0 Å². The Morgan fingerprint density at radius 2 is 1.71 bits per heavy atom. The van der Waals surface area contributed by atoms with Gasteiger partial charge in [-0.2, -0.15) is 0 Å². The molecule has 2 aliphatic rings. The number of aromatic nitrogens is 4. The Kier molecular flexibility index (Phi) is 7.87. The van der Waals surface area contributed by atoms with E-state index in [9.17, 15) is 4.79 Å². The zero-order valence-corrected chi connectivity index (χ0v) is 25.7. The molecule has 1 aliphatic carbocycles. The van der Waals surface area contributed by atoms with Crippen LogP contribution in [0.3, 0.4) is 0 Å². The molecule has 0 aromatic carbocycles. The van der Waals surface area contributed by atoms with Crippen LogP contribution in [0.25, 0.3) is 0 Å². The van der Waals surface area contributed by atoms with Crippen LogP contribution in [0.5, 0.6) is 0 Å². The first-order valence-electron chi connectivity index (χ1n) is 14.1. The van der Waals surface area contributed by atoms with E-state index in [1.54, 1.807) is 17.3 Å². The fraction of sp³-hybridized carbons (Fsp3) is 0.679. The lowest BCUT2D eigenvalue weighted by atomic mass is 9.80. The average molecular weight is 540 g/mol. The van der Waals surface area contributed by atoms with Gasteiger partial charge in [0.15, 0.2) is 14.1 Å². The van der Waals surface area contributed by atoms with Gasteiger partial charge < -0.3 is 14.6 Å². The maximum Gasteiger partial charge on any atom is 0.243 e. The van der Waals surface area contributed by atoms with Crippen LogP contribution in [-0.4, -0.2) is 53.3 Å². The van der Waals surface area contributed by atoms with Gasteiger partial charge in [-0.05, 0) is 58.7 Å². The summed E-state index contributed by atoms with van der Waals surface area (Å²) in [5.74, 6) is 2.69. The molecule has 10 heteroatoms. The summed E-state index contributed by atoms with van der Waals surface area (Å²) in [4.78, 5) is 37.3. The van der Waals surface area contributed by atoms with E-state index in [0.717, 1.165) is 50.2 Å². The smallest absolute Gasteiger partial charge is 0.243 e. The molecule has 2 aromatic heterocycles. The number of anilines is 4. The lowest BCUT2D eigenvalue weighted by Crippen LogP contribution is -2.40. The van der Waals surface area contributed by atoms with Crippen molar-refractivity contribution in [1.29, 1.82) is 0 Å². The number of rotatable bonds is 9. The first-order chi connectivity index (χ1) is 17.8. The van der Waals surface area contributed by atoms with Crippen molar-refractivity contribution in [2.75, 3.05) is 28.2 Å². The highest BCUT2D eigenvalue weighted by Gasteiger charge is 2.56. The fourth-order valence-electron chi connectivity index (χ4n) is 5.20. The first kappa shape index (κ1) is 28.4. The van der Waals surface area contributed by atoms with Crippen LogP contribution in [0, 0.1) is 0 Å². The van der Waals surface area contributed by atoms with Crippen molar-refractivity contribution in [3.05, 3.63) is 23.8 Å². The number of hydrogen-bond donors (Lipinski definition) is 1. The molecule has 208 valence electrons. The van der Waals surface area contributed by atoms with E-state index in [0.29, 0.717) is 29.9 Å². The third kappa shape index (κ3) is 5.04. The Bertz CT molecular complexity index is 1150. The van der Waals surface area contributed by atoms with Crippen molar-refractivity contribution >= 4 is 37.5 Å². The number of carbonyl (C=O) groups is 1. The lowest BCUT2D eigenvalue weighted by Gasteiger charge is -2.36. The Hall–Kier alpha value is -2.59. The second kappa shape index (κ2) is 10.5. The molecule has 38 heavy (non-hydrogen) atoms. The number of nitrogens with zero attached hydrogens (tertiary/aromatic N) is 6. The Labute approximate surface area is 229 Å². The standard InChI is InChI=1S/C28H45N7O2Si/c1-10-34(11-2)26-29-16-20(17-30-26)35-24-22(28(25(35)36)14-12-13-15-28)23(31-19(3)4)32-21(33-24)18-37-38(8,9)27(5,6)7/h16-17,19H,10-15,18H2,1-9H3,(H,31,32,33). The summed E-state index contributed by atoms with van der Waals surface area (Å²) in [6.07, 6.45) is 7.11. The van der Waals surface area contributed by atoms with Crippen LogP contribution in [0.1, 0.15) is 85.5 Å². The first-order valence-corrected chi connectivity index (χ1v) is 17.0. The second-order valence-corrected chi connectivity index (χ2v) is 17.2. The van der Waals surface area contributed by atoms with Gasteiger partial charge in [-0.1, -0.05) is 33.6 Å². The van der Waals surface area contributed by atoms with Crippen molar-refractivity contribution in [3.63, 3.8) is 0 Å². The molecule has 3 heterocycles. The van der Waals surface area contributed by atoms with E-state index in [1.165, 1.54) is 0 Å². The topological polar surface area (TPSA) is 96.4 Å². The van der Waals surface area contributed by atoms with E-state index in [2.05, 4.69) is 81.7 Å². The SMILES string of the molecule is CCN(CC)c1ncc(N2C(=O)C3(CCCC3)c3c(NC(C)C)nc(CO[Si](C)(C)C(C)(C)C)nc32)cn1. The highest BCUT2D eigenvalue weighted by Crippen LogP contribution is 2.55. The Morgan fingerprint density at radius 1 is 1.11 bits per heavy atom. The van der Waals surface area contributed by atoms with Crippen molar-refractivity contribution in [3.8, 4) is 0 Å². The predicted octanol–water partition coefficient (Wildman–Crippen LogP) is 5.95. The van der Waals surface area contributed by atoms with Crippen LogP contribution < -0.4 is 15.1 Å². The van der Waals surface area contributed by atoms with Gasteiger partial charge in [0.25, 0.3) is 0 Å². The molecule has 9 nitrogen and oxygen atoms in total. The third-order valence-corrected chi connectivity index (χ3v) is 12.9. The highest BCUT2D eigenvalue weighted by molar-refractivity contribution is 6.74. The lowest BCUT2D eigenvalue weighted by molar-refractivity contribution is -0.122. The molecule has 1 saturated carbocycles. The van der Waals surface area contributed by atoms with Crippen molar-refractivity contribution < 1.29 is 9.22 Å². The van der Waals surface area contributed by atoms with Gasteiger partial charge in [0.05, 0.1) is 35.7 Å². The second-order valence-electron chi connectivity index (χ2n) is 12.4. The molecule has 1 N–H and O–H groups in total. The number of fused-ring (bicyclic) bond motifs is 2. The monoisotopic (exact) mass is 539 g/mol. The Balaban J connectivity index is 1.82. The molecule has 0 atom stereocenters. The van der Waals surface area contributed by atoms with Gasteiger partial charge in [-0.25, -0.2) is 19.9 Å². The number of nitrogens with one attached hydrogen (secondary N) is 1. The van der Waals surface area contributed by atoms with E-state index in [4.69, 9.17) is 14.4 Å². The summed E-state index contributed by atoms with van der Waals surface area (Å²) in [6.45, 7) is 21.4. The molecular formula is C28H45N7O2Si. The molecule has 1 spiro atoms. The largest absolute Gasteiger partial charge is 0.409 e. The van der Waals surface area contributed by atoms with Crippen molar-refractivity contribution in [2.24, 2.45) is 0 Å². The molecule has 2 aromatic rings. The van der Waals surface area contributed by atoms with Gasteiger partial charge in [0.2, 0.25) is 11.9 Å². The summed E-state index contributed by atoms with van der Waals surface area (Å²) >= 11 is 0. The number of amides is 1. The maximum absolute atomic E-state index is 14.3. The van der Waals surface area contributed by atoms with Gasteiger partial charge in [0, 0.05) is 19.1 Å². The summed E-state index contributed by atoms with van der Waals surface area (Å²) in [5.41, 5.74) is 0.933. The van der Waals surface area contributed by atoms with E-state index in [-0.39, 0.29) is 17.0 Å². The van der Waals surface area contributed by atoms with E-state index < -0.39 is 13.7 Å². The molecule has 4 rings (SSSR count). The minimum atomic E-state index is -2.02. The molecule has 0 unspecified atom stereocenters. The van der Waals surface area contributed by atoms with Crippen molar-refractivity contribution in [1.82, 2.24) is 19.9 Å². The Morgan fingerprint density at radius 3 is 2.24 bits per heavy atom. The van der Waals surface area contributed by atoms with Crippen LogP contribution >= 0.6 is 0 Å².